The van der Waals surface area contributed by atoms with Crippen molar-refractivity contribution in [3.8, 4) is 0 Å². The molecule has 2 N–H and O–H groups in total. The Hall–Kier alpha value is -2.43. The summed E-state index contributed by atoms with van der Waals surface area (Å²) in [6, 6.07) is 8.35. The van der Waals surface area contributed by atoms with Crippen LogP contribution in [0.4, 0.5) is 10.1 Å². The number of nitrogens with one attached hydrogen (secondary N) is 2. The summed E-state index contributed by atoms with van der Waals surface area (Å²) in [6.07, 6.45) is 3.68. The van der Waals surface area contributed by atoms with Gasteiger partial charge in [0, 0.05) is 25.5 Å². The molecule has 0 spiro atoms. The zero-order chi connectivity index (χ0) is 16.7. The van der Waals surface area contributed by atoms with E-state index in [0.29, 0.717) is 30.0 Å². The van der Waals surface area contributed by atoms with Crippen LogP contribution >= 0.6 is 0 Å². The van der Waals surface area contributed by atoms with Crippen molar-refractivity contribution in [3.63, 3.8) is 0 Å². The van der Waals surface area contributed by atoms with Crippen molar-refractivity contribution in [2.45, 2.75) is 20.3 Å². The molecule has 1 heterocycles. The summed E-state index contributed by atoms with van der Waals surface area (Å²) >= 11 is 0. The third kappa shape index (κ3) is 5.36. The molecule has 0 unspecified atom stereocenters. The van der Waals surface area contributed by atoms with E-state index in [9.17, 15) is 9.18 Å². The smallest absolute Gasteiger partial charge is 0.252 e. The van der Waals surface area contributed by atoms with Crippen LogP contribution < -0.4 is 10.6 Å². The number of carbonyl (C=O) groups excluding carboxylic acids is 1. The lowest BCUT2D eigenvalue weighted by Crippen LogP contribution is -2.26. The van der Waals surface area contributed by atoms with Crippen LogP contribution in [0.3, 0.4) is 0 Å². The van der Waals surface area contributed by atoms with Crippen LogP contribution in [-0.4, -0.2) is 24.0 Å². The van der Waals surface area contributed by atoms with Crippen LogP contribution in [0, 0.1) is 11.7 Å². The molecule has 1 amide bonds. The third-order valence-electron chi connectivity index (χ3n) is 3.35. The second-order valence-electron chi connectivity index (χ2n) is 5.83. The highest BCUT2D eigenvalue weighted by atomic mass is 19.1. The molecule has 0 fully saturated rings. The van der Waals surface area contributed by atoms with Gasteiger partial charge in [0.25, 0.3) is 5.91 Å². The summed E-state index contributed by atoms with van der Waals surface area (Å²) in [5.41, 5.74) is 1.91. The van der Waals surface area contributed by atoms with E-state index in [4.69, 9.17) is 0 Å². The van der Waals surface area contributed by atoms with Gasteiger partial charge in [-0.25, -0.2) is 4.39 Å². The molecule has 1 aromatic carbocycles. The van der Waals surface area contributed by atoms with Gasteiger partial charge in [-0.15, -0.1) is 0 Å². The Bertz CT molecular complexity index is 658. The highest BCUT2D eigenvalue weighted by Crippen LogP contribution is 2.10. The Labute approximate surface area is 136 Å². The first kappa shape index (κ1) is 16.9. The number of aromatic nitrogens is 1. The van der Waals surface area contributed by atoms with Crippen molar-refractivity contribution in [2.75, 3.05) is 18.4 Å². The van der Waals surface area contributed by atoms with Crippen LogP contribution in [0.15, 0.2) is 42.7 Å². The second kappa shape index (κ2) is 8.27. The van der Waals surface area contributed by atoms with Gasteiger partial charge in [0.15, 0.2) is 0 Å². The lowest BCUT2D eigenvalue weighted by molar-refractivity contribution is 0.0953. The number of halogens is 1. The van der Waals surface area contributed by atoms with Gasteiger partial charge in [0.2, 0.25) is 0 Å². The fourth-order valence-electron chi connectivity index (χ4n) is 2.10. The SMILES string of the molecule is CC(C)CNc1cncc(C(=O)NCCc2ccccc2F)c1. The molecule has 4 nitrogen and oxygen atoms in total. The number of nitrogens with zero attached hydrogens (tertiary/aromatic N) is 1. The first-order valence-electron chi connectivity index (χ1n) is 7.77. The molecule has 23 heavy (non-hydrogen) atoms. The molecular formula is C18H22FN3O. The van der Waals surface area contributed by atoms with Crippen molar-refractivity contribution >= 4 is 11.6 Å². The highest BCUT2D eigenvalue weighted by molar-refractivity contribution is 5.94. The summed E-state index contributed by atoms with van der Waals surface area (Å²) in [4.78, 5) is 16.2. The first-order chi connectivity index (χ1) is 11.1. The zero-order valence-electron chi connectivity index (χ0n) is 13.5. The number of pyridine rings is 1. The van der Waals surface area contributed by atoms with Crippen molar-refractivity contribution in [1.82, 2.24) is 10.3 Å². The predicted octanol–water partition coefficient (Wildman–Crippen LogP) is 3.26. The van der Waals surface area contributed by atoms with E-state index in [2.05, 4.69) is 29.5 Å². The Morgan fingerprint density at radius 2 is 2.04 bits per heavy atom. The number of anilines is 1. The van der Waals surface area contributed by atoms with Crippen molar-refractivity contribution in [1.29, 1.82) is 0 Å². The molecule has 5 heteroatoms. The second-order valence-corrected chi connectivity index (χ2v) is 5.83. The van der Waals surface area contributed by atoms with Gasteiger partial charge < -0.3 is 10.6 Å². The van der Waals surface area contributed by atoms with Crippen LogP contribution in [-0.2, 0) is 6.42 Å². The molecule has 0 radical (unpaired) electrons. The number of hydrogen-bond acceptors (Lipinski definition) is 3. The predicted molar refractivity (Wildman–Crippen MR) is 90.0 cm³/mol. The maximum absolute atomic E-state index is 13.5. The van der Waals surface area contributed by atoms with E-state index < -0.39 is 0 Å². The van der Waals surface area contributed by atoms with Gasteiger partial charge in [-0.05, 0) is 30.0 Å². The quantitative estimate of drug-likeness (QED) is 0.824. The van der Waals surface area contributed by atoms with Gasteiger partial charge in [-0.3, -0.25) is 9.78 Å². The fourth-order valence-corrected chi connectivity index (χ4v) is 2.10. The van der Waals surface area contributed by atoms with Crippen LogP contribution in [0.2, 0.25) is 0 Å². The van der Waals surface area contributed by atoms with Crippen LogP contribution in [0.1, 0.15) is 29.8 Å². The fraction of sp³-hybridized carbons (Fsp3) is 0.333. The standard InChI is InChI=1S/C18H22FN3O/c1-13(2)10-22-16-9-15(11-20-12-16)18(23)21-8-7-14-5-3-4-6-17(14)19/h3-6,9,11-13,22H,7-8,10H2,1-2H3,(H,21,23). The van der Waals surface area contributed by atoms with Gasteiger partial charge in [-0.2, -0.15) is 0 Å². The summed E-state index contributed by atoms with van der Waals surface area (Å²) in [6.45, 7) is 5.42. The minimum absolute atomic E-state index is 0.206. The molecular weight excluding hydrogens is 293 g/mol. The normalized spacial score (nSPS) is 10.6. The molecule has 0 aliphatic heterocycles. The van der Waals surface area contributed by atoms with E-state index in [0.717, 1.165) is 12.2 Å². The average molecular weight is 315 g/mol. The number of carbonyl (C=O) groups is 1. The summed E-state index contributed by atoms with van der Waals surface area (Å²) < 4.78 is 13.5. The highest BCUT2D eigenvalue weighted by Gasteiger charge is 2.08. The summed E-state index contributed by atoms with van der Waals surface area (Å²) in [5.74, 6) is 0.0542. The van der Waals surface area contributed by atoms with Crippen LogP contribution in [0.5, 0.6) is 0 Å². The molecule has 2 rings (SSSR count). The topological polar surface area (TPSA) is 54.0 Å². The lowest BCUT2D eigenvalue weighted by Gasteiger charge is -2.10. The van der Waals surface area contributed by atoms with E-state index >= 15 is 0 Å². The molecule has 0 aliphatic rings. The maximum atomic E-state index is 13.5. The number of hydrogen-bond donors (Lipinski definition) is 2. The molecule has 1 aromatic heterocycles. The van der Waals surface area contributed by atoms with E-state index in [1.54, 1.807) is 30.5 Å². The van der Waals surface area contributed by atoms with E-state index in [1.165, 1.54) is 12.3 Å². The van der Waals surface area contributed by atoms with E-state index in [-0.39, 0.29) is 11.7 Å². The van der Waals surface area contributed by atoms with Gasteiger partial charge in [-0.1, -0.05) is 32.0 Å². The number of benzene rings is 1. The van der Waals surface area contributed by atoms with Gasteiger partial charge in [0.1, 0.15) is 5.82 Å². The third-order valence-corrected chi connectivity index (χ3v) is 3.35. The monoisotopic (exact) mass is 315 g/mol. The first-order valence-corrected chi connectivity index (χ1v) is 7.77. The molecule has 0 bridgehead atoms. The van der Waals surface area contributed by atoms with Gasteiger partial charge in [0.05, 0.1) is 11.3 Å². The molecule has 0 saturated carbocycles. The van der Waals surface area contributed by atoms with Crippen LogP contribution in [0.25, 0.3) is 0 Å². The van der Waals surface area contributed by atoms with Crippen molar-refractivity contribution < 1.29 is 9.18 Å². The molecule has 0 aliphatic carbocycles. The molecule has 2 aromatic rings. The molecule has 122 valence electrons. The average Bonchev–Trinajstić information content (AvgIpc) is 2.55. The Morgan fingerprint density at radius 3 is 2.78 bits per heavy atom. The largest absolute Gasteiger partial charge is 0.384 e. The number of amides is 1. The Kier molecular flexibility index (Phi) is 6.09. The van der Waals surface area contributed by atoms with Crippen molar-refractivity contribution in [3.05, 3.63) is 59.7 Å². The summed E-state index contributed by atoms with van der Waals surface area (Å²) in [7, 11) is 0. The minimum Gasteiger partial charge on any atom is -0.384 e. The molecule has 0 saturated heterocycles. The summed E-state index contributed by atoms with van der Waals surface area (Å²) in [5, 5.41) is 6.03. The minimum atomic E-state index is -0.247. The molecule has 0 atom stereocenters. The van der Waals surface area contributed by atoms with E-state index in [1.807, 2.05) is 0 Å². The lowest BCUT2D eigenvalue weighted by atomic mass is 10.1. The van der Waals surface area contributed by atoms with Crippen molar-refractivity contribution in [2.24, 2.45) is 5.92 Å². The Balaban J connectivity index is 1.88. The number of rotatable bonds is 7. The Morgan fingerprint density at radius 1 is 1.26 bits per heavy atom. The van der Waals surface area contributed by atoms with Gasteiger partial charge >= 0.3 is 0 Å². The zero-order valence-corrected chi connectivity index (χ0v) is 13.5. The maximum Gasteiger partial charge on any atom is 0.252 e.